The maximum Gasteiger partial charge on any atom is 0.301 e. The minimum absolute atomic E-state index is 0.0771. The first-order valence-corrected chi connectivity index (χ1v) is 12.9. The van der Waals surface area contributed by atoms with Gasteiger partial charge in [0.1, 0.15) is 11.5 Å². The van der Waals surface area contributed by atoms with Crippen LogP contribution in [0.4, 0.5) is 5.13 Å². The highest BCUT2D eigenvalue weighted by molar-refractivity contribution is 7.22. The number of nitrogens with zero attached hydrogens (tertiary/aromatic N) is 2. The molecule has 0 aliphatic carbocycles. The normalized spacial score (nSPS) is 16.7. The van der Waals surface area contributed by atoms with Gasteiger partial charge in [-0.05, 0) is 55.0 Å². The quantitative estimate of drug-likeness (QED) is 0.171. The Kier molecular flexibility index (Phi) is 6.96. The van der Waals surface area contributed by atoms with Crippen LogP contribution >= 0.6 is 22.9 Å². The number of methoxy groups -OCH3 is 2. The van der Waals surface area contributed by atoms with Crippen molar-refractivity contribution in [2.45, 2.75) is 13.0 Å². The summed E-state index contributed by atoms with van der Waals surface area (Å²) >= 11 is 7.39. The van der Waals surface area contributed by atoms with Crippen LogP contribution in [0.25, 0.3) is 16.0 Å². The van der Waals surface area contributed by atoms with Crippen LogP contribution < -0.4 is 19.1 Å². The molecule has 0 bridgehead atoms. The Morgan fingerprint density at radius 3 is 2.61 bits per heavy atom. The van der Waals surface area contributed by atoms with Crippen molar-refractivity contribution in [2.75, 3.05) is 25.7 Å². The molecule has 38 heavy (non-hydrogen) atoms. The summed E-state index contributed by atoms with van der Waals surface area (Å²) in [4.78, 5) is 32.9. The highest BCUT2D eigenvalue weighted by Gasteiger charge is 2.48. The predicted octanol–water partition coefficient (Wildman–Crippen LogP) is 5.99. The maximum absolute atomic E-state index is 13.5. The average Bonchev–Trinajstić information content (AvgIpc) is 3.46. The molecule has 0 saturated carbocycles. The molecule has 1 amide bonds. The first-order valence-electron chi connectivity index (χ1n) is 11.7. The number of aliphatic hydroxyl groups is 1. The van der Waals surface area contributed by atoms with E-state index in [1.54, 1.807) is 60.7 Å². The van der Waals surface area contributed by atoms with E-state index in [4.69, 9.17) is 25.8 Å². The summed E-state index contributed by atoms with van der Waals surface area (Å²) in [7, 11) is 3.01. The Balaban J connectivity index is 1.74. The molecule has 1 aliphatic rings. The van der Waals surface area contributed by atoms with E-state index < -0.39 is 17.7 Å². The van der Waals surface area contributed by atoms with Gasteiger partial charge in [0.15, 0.2) is 16.6 Å². The number of thiazole rings is 1. The fraction of sp³-hybridized carbons (Fsp3) is 0.179. The van der Waals surface area contributed by atoms with Crippen molar-refractivity contribution in [3.8, 4) is 17.2 Å². The van der Waals surface area contributed by atoms with Gasteiger partial charge in [-0.1, -0.05) is 41.1 Å². The number of ketones is 1. The lowest BCUT2D eigenvalue weighted by atomic mass is 9.95. The van der Waals surface area contributed by atoms with Gasteiger partial charge in [-0.3, -0.25) is 14.5 Å². The van der Waals surface area contributed by atoms with Crippen LogP contribution in [0.1, 0.15) is 24.1 Å². The molecule has 1 aliphatic heterocycles. The fourth-order valence-corrected chi connectivity index (χ4v) is 5.66. The Morgan fingerprint density at radius 1 is 1.05 bits per heavy atom. The lowest BCUT2D eigenvalue weighted by Crippen LogP contribution is -2.29. The van der Waals surface area contributed by atoms with Crippen molar-refractivity contribution in [3.63, 3.8) is 0 Å². The summed E-state index contributed by atoms with van der Waals surface area (Å²) in [6, 6.07) is 16.0. The number of hydrogen-bond donors (Lipinski definition) is 1. The topological polar surface area (TPSA) is 98.2 Å². The summed E-state index contributed by atoms with van der Waals surface area (Å²) in [5.41, 5.74) is 1.42. The van der Waals surface area contributed by atoms with E-state index in [9.17, 15) is 14.7 Å². The number of amides is 1. The van der Waals surface area contributed by atoms with Crippen LogP contribution in [-0.2, 0) is 9.59 Å². The zero-order chi connectivity index (χ0) is 27.0. The number of ether oxygens (including phenoxy) is 3. The first-order chi connectivity index (χ1) is 18.4. The average molecular weight is 551 g/mol. The molecule has 1 atom stereocenters. The maximum atomic E-state index is 13.5. The number of aliphatic hydroxyl groups excluding tert-OH is 1. The summed E-state index contributed by atoms with van der Waals surface area (Å²) < 4.78 is 17.2. The van der Waals surface area contributed by atoms with Gasteiger partial charge in [-0.15, -0.1) is 0 Å². The molecule has 8 nitrogen and oxygen atoms in total. The Morgan fingerprint density at radius 2 is 1.87 bits per heavy atom. The van der Waals surface area contributed by atoms with Crippen LogP contribution in [0.15, 0.2) is 66.2 Å². The number of carbonyl (C=O) groups is 2. The van der Waals surface area contributed by atoms with E-state index in [1.807, 2.05) is 6.92 Å². The van der Waals surface area contributed by atoms with Gasteiger partial charge < -0.3 is 19.3 Å². The summed E-state index contributed by atoms with van der Waals surface area (Å²) in [6.07, 6.45) is 0. The van der Waals surface area contributed by atoms with Gasteiger partial charge in [0.25, 0.3) is 5.78 Å². The smallest absolute Gasteiger partial charge is 0.301 e. The third kappa shape index (κ3) is 4.44. The predicted molar refractivity (Wildman–Crippen MR) is 147 cm³/mol. The molecular weight excluding hydrogens is 528 g/mol. The number of anilines is 1. The van der Waals surface area contributed by atoms with E-state index in [2.05, 4.69) is 4.98 Å². The highest BCUT2D eigenvalue weighted by Crippen LogP contribution is 2.46. The fourth-order valence-electron chi connectivity index (χ4n) is 4.39. The van der Waals surface area contributed by atoms with Crippen LogP contribution in [0.5, 0.6) is 17.2 Å². The minimum atomic E-state index is -0.984. The molecule has 1 saturated heterocycles. The molecule has 1 fully saturated rings. The SMILES string of the molecule is CCOc1ccc(C2/C(=C(\O)c3cccc(OC)c3)C(=O)C(=O)N2c2nc3ccc(Cl)cc3s2)cc1OC. The van der Waals surface area contributed by atoms with E-state index in [0.29, 0.717) is 50.7 Å². The van der Waals surface area contributed by atoms with E-state index >= 15 is 0 Å². The zero-order valence-electron chi connectivity index (χ0n) is 20.7. The molecule has 194 valence electrons. The van der Waals surface area contributed by atoms with Gasteiger partial charge in [-0.2, -0.15) is 0 Å². The molecule has 0 spiro atoms. The summed E-state index contributed by atoms with van der Waals surface area (Å²) in [5.74, 6) is -0.541. The summed E-state index contributed by atoms with van der Waals surface area (Å²) in [5, 5.41) is 12.2. The number of carbonyl (C=O) groups excluding carboxylic acids is 2. The molecule has 3 aromatic carbocycles. The highest BCUT2D eigenvalue weighted by atomic mass is 35.5. The van der Waals surface area contributed by atoms with Gasteiger partial charge in [-0.25, -0.2) is 4.98 Å². The van der Waals surface area contributed by atoms with Gasteiger partial charge in [0, 0.05) is 10.6 Å². The minimum Gasteiger partial charge on any atom is -0.507 e. The van der Waals surface area contributed by atoms with E-state index in [1.165, 1.54) is 30.5 Å². The van der Waals surface area contributed by atoms with E-state index in [-0.39, 0.29) is 11.3 Å². The second-order valence-corrected chi connectivity index (χ2v) is 9.80. The number of fused-ring (bicyclic) bond motifs is 1. The van der Waals surface area contributed by atoms with Crippen LogP contribution in [0.3, 0.4) is 0 Å². The Bertz CT molecular complexity index is 1600. The third-order valence-electron chi connectivity index (χ3n) is 6.14. The monoisotopic (exact) mass is 550 g/mol. The van der Waals surface area contributed by atoms with E-state index in [0.717, 1.165) is 4.70 Å². The molecule has 1 unspecified atom stereocenters. The van der Waals surface area contributed by atoms with Crippen LogP contribution in [0.2, 0.25) is 5.02 Å². The molecule has 10 heteroatoms. The second kappa shape index (κ2) is 10.4. The van der Waals surface area contributed by atoms with Crippen molar-refractivity contribution in [1.29, 1.82) is 0 Å². The first kappa shape index (κ1) is 25.6. The van der Waals surface area contributed by atoms with Crippen molar-refractivity contribution in [2.24, 2.45) is 0 Å². The Hall–Kier alpha value is -4.08. The second-order valence-electron chi connectivity index (χ2n) is 8.35. The van der Waals surface area contributed by atoms with Gasteiger partial charge in [0.05, 0.1) is 42.7 Å². The van der Waals surface area contributed by atoms with Crippen molar-refractivity contribution >= 4 is 55.7 Å². The number of rotatable bonds is 7. The number of benzene rings is 3. The lowest BCUT2D eigenvalue weighted by Gasteiger charge is -2.24. The number of halogens is 1. The van der Waals surface area contributed by atoms with Crippen LogP contribution in [0, 0.1) is 0 Å². The lowest BCUT2D eigenvalue weighted by molar-refractivity contribution is -0.132. The largest absolute Gasteiger partial charge is 0.507 e. The van der Waals surface area contributed by atoms with Gasteiger partial charge >= 0.3 is 5.91 Å². The molecule has 1 aromatic heterocycles. The molecular formula is C28H23ClN2O6S. The molecule has 4 aromatic rings. The number of Topliss-reactive ketones (excluding diaryl/α,β-unsaturated/α-hetero) is 1. The van der Waals surface area contributed by atoms with Crippen LogP contribution in [-0.4, -0.2) is 42.6 Å². The van der Waals surface area contributed by atoms with Crippen molar-refractivity contribution in [3.05, 3.63) is 82.4 Å². The molecule has 2 heterocycles. The Labute approximate surface area is 227 Å². The molecule has 1 N–H and O–H groups in total. The zero-order valence-corrected chi connectivity index (χ0v) is 22.3. The number of hydrogen-bond acceptors (Lipinski definition) is 8. The third-order valence-corrected chi connectivity index (χ3v) is 7.39. The van der Waals surface area contributed by atoms with Crippen molar-refractivity contribution in [1.82, 2.24) is 4.98 Å². The van der Waals surface area contributed by atoms with Crippen molar-refractivity contribution < 1.29 is 28.9 Å². The standard InChI is InChI=1S/C28H23ClN2O6S/c1-4-37-20-11-8-15(13-21(20)36-3)24-23(25(32)16-6-5-7-18(12-16)35-2)26(33)27(34)31(24)28-30-19-10-9-17(29)14-22(19)38-28/h5-14,24,32H,4H2,1-3H3/b25-23+. The number of aromatic nitrogens is 1. The molecule has 5 rings (SSSR count). The summed E-state index contributed by atoms with van der Waals surface area (Å²) in [6.45, 7) is 2.29. The van der Waals surface area contributed by atoms with Gasteiger partial charge in [0.2, 0.25) is 0 Å². The molecule has 0 radical (unpaired) electrons.